The van der Waals surface area contributed by atoms with Gasteiger partial charge in [-0.3, -0.25) is 9.48 Å². The molecule has 0 atom stereocenters. The van der Waals surface area contributed by atoms with E-state index in [1.54, 1.807) is 11.1 Å². The normalized spacial score (nSPS) is 10.8. The van der Waals surface area contributed by atoms with Crippen molar-refractivity contribution in [3.63, 3.8) is 0 Å². The van der Waals surface area contributed by atoms with Crippen molar-refractivity contribution in [1.82, 2.24) is 14.7 Å². The summed E-state index contributed by atoms with van der Waals surface area (Å²) in [5.74, 6) is -1.01. The van der Waals surface area contributed by atoms with E-state index in [9.17, 15) is 9.59 Å². The van der Waals surface area contributed by atoms with E-state index >= 15 is 0 Å². The molecule has 0 aromatic carbocycles. The molecule has 0 saturated heterocycles. The number of hydrogen-bond acceptors (Lipinski definition) is 3. The Labute approximate surface area is 106 Å². The number of carboxylic acid groups (broad SMARTS) is 1. The van der Waals surface area contributed by atoms with Crippen LogP contribution in [0.2, 0.25) is 0 Å². The number of aliphatic carboxylic acids is 1. The van der Waals surface area contributed by atoms with Crippen molar-refractivity contribution in [2.75, 3.05) is 13.1 Å². The molecule has 0 aliphatic heterocycles. The highest BCUT2D eigenvalue weighted by Crippen LogP contribution is 2.01. The quantitative estimate of drug-likeness (QED) is 0.760. The van der Waals surface area contributed by atoms with Gasteiger partial charge < -0.3 is 10.0 Å². The Morgan fingerprint density at radius 3 is 2.67 bits per heavy atom. The van der Waals surface area contributed by atoms with E-state index in [4.69, 9.17) is 5.11 Å². The van der Waals surface area contributed by atoms with E-state index in [-0.39, 0.29) is 12.5 Å². The van der Waals surface area contributed by atoms with Crippen molar-refractivity contribution >= 4 is 18.0 Å². The Bertz CT molecular complexity index is 447. The number of hydrogen-bond donors (Lipinski definition) is 1. The van der Waals surface area contributed by atoms with Gasteiger partial charge in [-0.15, -0.1) is 0 Å². The highest BCUT2D eigenvalue weighted by atomic mass is 16.4. The number of carboxylic acids is 1. The van der Waals surface area contributed by atoms with Gasteiger partial charge in [0, 0.05) is 30.9 Å². The summed E-state index contributed by atoms with van der Waals surface area (Å²) in [6.07, 6.45) is 5.64. The average Bonchev–Trinajstić information content (AvgIpc) is 2.75. The fourth-order valence-corrected chi connectivity index (χ4v) is 1.53. The summed E-state index contributed by atoms with van der Waals surface area (Å²) in [4.78, 5) is 23.9. The lowest BCUT2D eigenvalue weighted by Crippen LogP contribution is -2.33. The van der Waals surface area contributed by atoms with Gasteiger partial charge in [0.05, 0.1) is 6.20 Å². The van der Waals surface area contributed by atoms with Crippen molar-refractivity contribution in [1.29, 1.82) is 0 Å². The molecule has 6 nitrogen and oxygen atoms in total. The Kier molecular flexibility index (Phi) is 5.10. The highest BCUT2D eigenvalue weighted by molar-refractivity contribution is 5.85. The van der Waals surface area contributed by atoms with Gasteiger partial charge in [0.1, 0.15) is 6.54 Å². The third-order valence-electron chi connectivity index (χ3n) is 2.48. The lowest BCUT2D eigenvalue weighted by molar-refractivity contribution is -0.132. The fraction of sp³-hybridized carbons (Fsp3) is 0.417. The molecule has 0 spiro atoms. The van der Waals surface area contributed by atoms with Crippen LogP contribution in [0, 0.1) is 0 Å². The smallest absolute Gasteiger partial charge is 0.328 e. The molecule has 0 aliphatic rings. The molecule has 1 rings (SSSR count). The van der Waals surface area contributed by atoms with E-state index in [1.165, 1.54) is 17.0 Å². The van der Waals surface area contributed by atoms with Crippen LogP contribution in [-0.4, -0.2) is 44.8 Å². The van der Waals surface area contributed by atoms with Crippen LogP contribution in [0.1, 0.15) is 19.4 Å². The molecule has 18 heavy (non-hydrogen) atoms. The van der Waals surface area contributed by atoms with Gasteiger partial charge in [-0.1, -0.05) is 0 Å². The van der Waals surface area contributed by atoms with Crippen LogP contribution < -0.4 is 0 Å². The molecule has 0 bridgehead atoms. The van der Waals surface area contributed by atoms with Crippen molar-refractivity contribution in [2.24, 2.45) is 0 Å². The second-order valence-corrected chi connectivity index (χ2v) is 3.71. The summed E-state index contributed by atoms with van der Waals surface area (Å²) in [5.41, 5.74) is 0.657. The monoisotopic (exact) mass is 251 g/mol. The molecule has 1 amide bonds. The van der Waals surface area contributed by atoms with Crippen molar-refractivity contribution in [3.8, 4) is 0 Å². The van der Waals surface area contributed by atoms with Gasteiger partial charge in [-0.2, -0.15) is 5.10 Å². The molecule has 98 valence electrons. The lowest BCUT2D eigenvalue weighted by atomic mass is 10.3. The average molecular weight is 251 g/mol. The zero-order valence-corrected chi connectivity index (χ0v) is 10.5. The van der Waals surface area contributed by atoms with Crippen molar-refractivity contribution in [3.05, 3.63) is 24.0 Å². The van der Waals surface area contributed by atoms with Gasteiger partial charge in [-0.05, 0) is 19.9 Å². The van der Waals surface area contributed by atoms with Crippen molar-refractivity contribution in [2.45, 2.75) is 20.4 Å². The highest BCUT2D eigenvalue weighted by Gasteiger charge is 2.10. The standard InChI is InChI=1S/C12H17N3O3/c1-3-14(4-2)11(16)9-15-8-10(7-13-15)5-6-12(17)18/h5-8H,3-4,9H2,1-2H3,(H,17,18)/b6-5+. The molecule has 0 fully saturated rings. The second kappa shape index (κ2) is 6.58. The molecule has 0 aliphatic carbocycles. The summed E-state index contributed by atoms with van der Waals surface area (Å²) in [6, 6.07) is 0. The third kappa shape index (κ3) is 4.04. The molecule has 1 heterocycles. The van der Waals surface area contributed by atoms with Gasteiger partial charge >= 0.3 is 5.97 Å². The Morgan fingerprint density at radius 1 is 1.44 bits per heavy atom. The SMILES string of the molecule is CCN(CC)C(=O)Cn1cc(/C=C/C(=O)O)cn1. The van der Waals surface area contributed by atoms with E-state index in [1.807, 2.05) is 13.8 Å². The Morgan fingerprint density at radius 2 is 2.11 bits per heavy atom. The van der Waals surface area contributed by atoms with Crippen LogP contribution in [0.25, 0.3) is 6.08 Å². The molecule has 0 unspecified atom stereocenters. The zero-order valence-electron chi connectivity index (χ0n) is 10.5. The fourth-order valence-electron chi connectivity index (χ4n) is 1.53. The van der Waals surface area contributed by atoms with Crippen LogP contribution in [0.5, 0.6) is 0 Å². The summed E-state index contributed by atoms with van der Waals surface area (Å²) >= 11 is 0. The molecule has 6 heteroatoms. The number of amides is 1. The van der Waals surface area contributed by atoms with Crippen LogP contribution >= 0.6 is 0 Å². The molecular formula is C12H17N3O3. The number of carbonyl (C=O) groups is 2. The first-order chi connectivity index (χ1) is 8.56. The van der Waals surface area contributed by atoms with E-state index in [2.05, 4.69) is 5.10 Å². The number of aromatic nitrogens is 2. The predicted molar refractivity (Wildman–Crippen MR) is 66.8 cm³/mol. The van der Waals surface area contributed by atoms with Crippen LogP contribution in [0.15, 0.2) is 18.5 Å². The molecular weight excluding hydrogens is 234 g/mol. The number of nitrogens with zero attached hydrogens (tertiary/aromatic N) is 3. The topological polar surface area (TPSA) is 75.4 Å². The van der Waals surface area contributed by atoms with E-state index in [0.717, 1.165) is 6.08 Å². The predicted octanol–water partition coefficient (Wildman–Crippen LogP) is 0.849. The first kappa shape index (κ1) is 14.0. The summed E-state index contributed by atoms with van der Waals surface area (Å²) in [5, 5.41) is 12.5. The Hall–Kier alpha value is -2.11. The third-order valence-corrected chi connectivity index (χ3v) is 2.48. The van der Waals surface area contributed by atoms with Crippen molar-refractivity contribution < 1.29 is 14.7 Å². The van der Waals surface area contributed by atoms with E-state index in [0.29, 0.717) is 18.7 Å². The number of likely N-dealkylation sites (N-methyl/N-ethyl adjacent to an activating group) is 1. The van der Waals surface area contributed by atoms with Crippen LogP contribution in [-0.2, 0) is 16.1 Å². The molecule has 0 radical (unpaired) electrons. The molecule has 1 N–H and O–H groups in total. The minimum atomic E-state index is -1.01. The summed E-state index contributed by atoms with van der Waals surface area (Å²) in [6.45, 7) is 5.35. The van der Waals surface area contributed by atoms with Crippen LogP contribution in [0.4, 0.5) is 0 Å². The molecule has 1 aromatic heterocycles. The zero-order chi connectivity index (χ0) is 13.5. The minimum absolute atomic E-state index is 0.00290. The summed E-state index contributed by atoms with van der Waals surface area (Å²) < 4.78 is 1.50. The first-order valence-corrected chi connectivity index (χ1v) is 5.78. The van der Waals surface area contributed by atoms with Gasteiger partial charge in [0.25, 0.3) is 0 Å². The van der Waals surface area contributed by atoms with Gasteiger partial charge in [0.15, 0.2) is 0 Å². The minimum Gasteiger partial charge on any atom is -0.478 e. The van der Waals surface area contributed by atoms with Gasteiger partial charge in [-0.25, -0.2) is 4.79 Å². The maximum absolute atomic E-state index is 11.8. The largest absolute Gasteiger partial charge is 0.478 e. The molecule has 0 saturated carbocycles. The maximum atomic E-state index is 11.8. The number of carbonyl (C=O) groups excluding carboxylic acids is 1. The first-order valence-electron chi connectivity index (χ1n) is 5.78. The number of rotatable bonds is 6. The molecule has 1 aromatic rings. The maximum Gasteiger partial charge on any atom is 0.328 e. The Balaban J connectivity index is 2.64. The second-order valence-electron chi connectivity index (χ2n) is 3.71. The van der Waals surface area contributed by atoms with Gasteiger partial charge in [0.2, 0.25) is 5.91 Å². The summed E-state index contributed by atoms with van der Waals surface area (Å²) in [7, 11) is 0. The van der Waals surface area contributed by atoms with Crippen LogP contribution in [0.3, 0.4) is 0 Å². The van der Waals surface area contributed by atoms with E-state index < -0.39 is 5.97 Å². The lowest BCUT2D eigenvalue weighted by Gasteiger charge is -2.18.